The van der Waals surface area contributed by atoms with Crippen LogP contribution in [0.4, 0.5) is 10.5 Å². The maximum Gasteiger partial charge on any atom is 0.321 e. The number of nitrogens with zero attached hydrogens (tertiary/aromatic N) is 3. The van der Waals surface area contributed by atoms with E-state index in [4.69, 9.17) is 5.26 Å². The van der Waals surface area contributed by atoms with Crippen molar-refractivity contribution in [3.8, 4) is 6.07 Å². The molecule has 0 saturated carbocycles. The van der Waals surface area contributed by atoms with Crippen LogP contribution in [0, 0.1) is 17.2 Å². The lowest BCUT2D eigenvalue weighted by Gasteiger charge is -2.21. The van der Waals surface area contributed by atoms with Gasteiger partial charge in [0.2, 0.25) is 0 Å². The molecular weight excluding hydrogens is 276 g/mol. The minimum Gasteiger partial charge on any atom is -0.324 e. The van der Waals surface area contributed by atoms with Crippen molar-refractivity contribution in [2.75, 3.05) is 38.5 Å². The summed E-state index contributed by atoms with van der Waals surface area (Å²) in [7, 11) is 2.14. The fourth-order valence-electron chi connectivity index (χ4n) is 2.95. The van der Waals surface area contributed by atoms with Gasteiger partial charge in [-0.2, -0.15) is 5.26 Å². The van der Waals surface area contributed by atoms with Crippen molar-refractivity contribution in [3.05, 3.63) is 29.8 Å². The second-order valence-corrected chi connectivity index (χ2v) is 5.99. The molecule has 1 heterocycles. The summed E-state index contributed by atoms with van der Waals surface area (Å²) < 4.78 is 0. The van der Waals surface area contributed by atoms with Crippen LogP contribution in [-0.2, 0) is 0 Å². The molecule has 1 aliphatic rings. The molecule has 5 nitrogen and oxygen atoms in total. The molecule has 0 spiro atoms. The number of carbonyl (C=O) groups excluding carboxylic acids is 1. The lowest BCUT2D eigenvalue weighted by Crippen LogP contribution is -2.34. The van der Waals surface area contributed by atoms with Crippen molar-refractivity contribution in [1.29, 1.82) is 5.26 Å². The molecule has 1 saturated heterocycles. The molecule has 1 fully saturated rings. The summed E-state index contributed by atoms with van der Waals surface area (Å²) in [4.78, 5) is 16.5. The van der Waals surface area contributed by atoms with Crippen LogP contribution in [-0.4, -0.2) is 49.1 Å². The summed E-state index contributed by atoms with van der Waals surface area (Å²) >= 11 is 0. The Labute approximate surface area is 132 Å². The van der Waals surface area contributed by atoms with Gasteiger partial charge in [-0.3, -0.25) is 0 Å². The highest BCUT2D eigenvalue weighted by Gasteiger charge is 2.26. The SMILES string of the molecule is CCCN(C)C[C@H]1CCN(C(=O)Nc2cccc(C#N)c2)C1. The molecule has 1 N–H and O–H groups in total. The van der Waals surface area contributed by atoms with E-state index < -0.39 is 0 Å². The standard InChI is InChI=1S/C17H24N4O/c1-3-8-20(2)12-15-7-9-21(13-15)17(22)19-16-6-4-5-14(10-16)11-18/h4-6,10,15H,3,7-9,12-13H2,1-2H3,(H,19,22)/t15-/m1/s1. The molecule has 2 rings (SSSR count). The van der Waals surface area contributed by atoms with E-state index in [1.54, 1.807) is 24.3 Å². The van der Waals surface area contributed by atoms with Crippen molar-refractivity contribution in [3.63, 3.8) is 0 Å². The highest BCUT2D eigenvalue weighted by atomic mass is 16.2. The zero-order chi connectivity index (χ0) is 15.9. The zero-order valence-corrected chi connectivity index (χ0v) is 13.4. The Hall–Kier alpha value is -2.06. The Morgan fingerprint density at radius 3 is 3.09 bits per heavy atom. The first-order valence-electron chi connectivity index (χ1n) is 7.87. The van der Waals surface area contributed by atoms with E-state index in [9.17, 15) is 4.79 Å². The maximum absolute atomic E-state index is 12.3. The van der Waals surface area contributed by atoms with Gasteiger partial charge >= 0.3 is 6.03 Å². The van der Waals surface area contributed by atoms with Crippen molar-refractivity contribution in [1.82, 2.24) is 9.80 Å². The van der Waals surface area contributed by atoms with Gasteiger partial charge in [0.15, 0.2) is 0 Å². The Bertz CT molecular complexity index is 552. The van der Waals surface area contributed by atoms with Crippen LogP contribution in [0.1, 0.15) is 25.3 Å². The van der Waals surface area contributed by atoms with Gasteiger partial charge in [0, 0.05) is 25.3 Å². The highest BCUT2D eigenvalue weighted by molar-refractivity contribution is 5.89. The Kier molecular flexibility index (Phi) is 5.79. The monoisotopic (exact) mass is 300 g/mol. The lowest BCUT2D eigenvalue weighted by atomic mass is 10.1. The van der Waals surface area contributed by atoms with Gasteiger partial charge < -0.3 is 15.1 Å². The van der Waals surface area contributed by atoms with Crippen molar-refractivity contribution >= 4 is 11.7 Å². The van der Waals surface area contributed by atoms with Crippen molar-refractivity contribution in [2.24, 2.45) is 5.92 Å². The first-order chi connectivity index (χ1) is 10.6. The number of anilines is 1. The van der Waals surface area contributed by atoms with Gasteiger partial charge in [-0.05, 0) is 50.6 Å². The molecule has 1 aromatic carbocycles. The van der Waals surface area contributed by atoms with Crippen molar-refractivity contribution in [2.45, 2.75) is 19.8 Å². The van der Waals surface area contributed by atoms with Gasteiger partial charge in [-0.1, -0.05) is 13.0 Å². The number of carbonyl (C=O) groups is 1. The number of rotatable bonds is 5. The number of hydrogen-bond acceptors (Lipinski definition) is 3. The quantitative estimate of drug-likeness (QED) is 0.909. The van der Waals surface area contributed by atoms with E-state index in [0.717, 1.165) is 39.0 Å². The number of amides is 2. The van der Waals surface area contributed by atoms with E-state index in [1.807, 2.05) is 4.90 Å². The molecule has 5 heteroatoms. The fraction of sp³-hybridized carbons (Fsp3) is 0.529. The lowest BCUT2D eigenvalue weighted by molar-refractivity contribution is 0.217. The second kappa shape index (κ2) is 7.81. The number of urea groups is 1. The van der Waals surface area contributed by atoms with Crippen LogP contribution < -0.4 is 5.32 Å². The minimum atomic E-state index is -0.0734. The third-order valence-electron chi connectivity index (χ3n) is 3.99. The smallest absolute Gasteiger partial charge is 0.321 e. The number of nitriles is 1. The Balaban J connectivity index is 1.85. The van der Waals surface area contributed by atoms with Crippen molar-refractivity contribution < 1.29 is 4.79 Å². The first kappa shape index (κ1) is 16.3. The summed E-state index contributed by atoms with van der Waals surface area (Å²) in [5.74, 6) is 0.549. The van der Waals surface area contributed by atoms with Gasteiger partial charge in [0.25, 0.3) is 0 Å². The molecule has 2 amide bonds. The molecule has 0 aliphatic carbocycles. The van der Waals surface area contributed by atoms with Crippen LogP contribution >= 0.6 is 0 Å². The summed E-state index contributed by atoms with van der Waals surface area (Å²) in [6.45, 7) is 5.93. The minimum absolute atomic E-state index is 0.0734. The summed E-state index contributed by atoms with van der Waals surface area (Å²) in [5.41, 5.74) is 1.23. The van der Waals surface area contributed by atoms with Crippen LogP contribution in [0.15, 0.2) is 24.3 Å². The topological polar surface area (TPSA) is 59.4 Å². The van der Waals surface area contributed by atoms with Gasteiger partial charge in [0.1, 0.15) is 0 Å². The number of benzene rings is 1. The zero-order valence-electron chi connectivity index (χ0n) is 13.4. The van der Waals surface area contributed by atoms with E-state index in [-0.39, 0.29) is 6.03 Å². The molecule has 118 valence electrons. The van der Waals surface area contributed by atoms with Crippen LogP contribution in [0.3, 0.4) is 0 Å². The normalized spacial score (nSPS) is 17.5. The fourth-order valence-corrected chi connectivity index (χ4v) is 2.95. The Morgan fingerprint density at radius 2 is 2.36 bits per heavy atom. The number of hydrogen-bond donors (Lipinski definition) is 1. The van der Waals surface area contributed by atoms with Gasteiger partial charge in [-0.15, -0.1) is 0 Å². The molecule has 0 unspecified atom stereocenters. The molecule has 1 aliphatic heterocycles. The average molecular weight is 300 g/mol. The average Bonchev–Trinajstić information content (AvgIpc) is 2.96. The summed E-state index contributed by atoms with van der Waals surface area (Å²) in [6.07, 6.45) is 2.21. The number of likely N-dealkylation sites (tertiary alicyclic amines) is 1. The predicted octanol–water partition coefficient (Wildman–Crippen LogP) is 2.75. The highest BCUT2D eigenvalue weighted by Crippen LogP contribution is 2.19. The summed E-state index contributed by atoms with van der Waals surface area (Å²) in [5, 5.41) is 11.8. The largest absolute Gasteiger partial charge is 0.324 e. The van der Waals surface area contributed by atoms with E-state index >= 15 is 0 Å². The van der Waals surface area contributed by atoms with Gasteiger partial charge in [-0.25, -0.2) is 4.79 Å². The van der Waals surface area contributed by atoms with E-state index in [0.29, 0.717) is 17.2 Å². The van der Waals surface area contributed by atoms with Crippen LogP contribution in [0.2, 0.25) is 0 Å². The second-order valence-electron chi connectivity index (χ2n) is 5.99. The van der Waals surface area contributed by atoms with Crippen LogP contribution in [0.5, 0.6) is 0 Å². The molecule has 1 atom stereocenters. The molecule has 22 heavy (non-hydrogen) atoms. The molecule has 0 aromatic heterocycles. The third-order valence-corrected chi connectivity index (χ3v) is 3.99. The maximum atomic E-state index is 12.3. The van der Waals surface area contributed by atoms with E-state index in [1.165, 1.54) is 0 Å². The summed E-state index contributed by atoms with van der Waals surface area (Å²) in [6, 6.07) is 9.01. The first-order valence-corrected chi connectivity index (χ1v) is 7.87. The molecule has 0 radical (unpaired) electrons. The molecular formula is C17H24N4O. The predicted molar refractivity (Wildman–Crippen MR) is 87.6 cm³/mol. The molecule has 1 aromatic rings. The van der Waals surface area contributed by atoms with E-state index in [2.05, 4.69) is 30.3 Å². The van der Waals surface area contributed by atoms with Crippen LogP contribution in [0.25, 0.3) is 0 Å². The third kappa shape index (κ3) is 4.47. The van der Waals surface area contributed by atoms with Gasteiger partial charge in [0.05, 0.1) is 11.6 Å². The Morgan fingerprint density at radius 1 is 1.55 bits per heavy atom. The number of nitrogens with one attached hydrogen (secondary N) is 1. The molecule has 0 bridgehead atoms.